The van der Waals surface area contributed by atoms with E-state index in [1.807, 2.05) is 0 Å². The van der Waals surface area contributed by atoms with E-state index in [2.05, 4.69) is 62.3 Å². The Bertz CT molecular complexity index is 314. The maximum Gasteiger partial charge on any atom is 0.0231 e. The van der Waals surface area contributed by atoms with Crippen LogP contribution in [0.25, 0.3) is 0 Å². The zero-order valence-corrected chi connectivity index (χ0v) is 12.4. The summed E-state index contributed by atoms with van der Waals surface area (Å²) >= 11 is 0. The van der Waals surface area contributed by atoms with E-state index in [0.717, 1.165) is 19.6 Å². The number of aryl methyl sites for hydroxylation is 1. The third kappa shape index (κ3) is 5.65. The smallest absolute Gasteiger partial charge is 0.0231 e. The standard InChI is InChI=1S/C16H28N2/c1-5-16(6-2)17-11-12-18(4)13-15-9-7-14(3)8-10-15/h7-10,16-17H,5-6,11-13H2,1-4H3. The first kappa shape index (κ1) is 15.2. The molecule has 1 aromatic carbocycles. The second-order valence-electron chi connectivity index (χ2n) is 5.19. The van der Waals surface area contributed by atoms with Gasteiger partial charge in [0.25, 0.3) is 0 Å². The van der Waals surface area contributed by atoms with Crippen molar-refractivity contribution in [2.45, 2.75) is 46.2 Å². The van der Waals surface area contributed by atoms with Crippen molar-refractivity contribution in [1.29, 1.82) is 0 Å². The highest BCUT2D eigenvalue weighted by molar-refractivity contribution is 5.21. The summed E-state index contributed by atoms with van der Waals surface area (Å²) in [4.78, 5) is 2.38. The Morgan fingerprint density at radius 2 is 1.72 bits per heavy atom. The van der Waals surface area contributed by atoms with Gasteiger partial charge in [-0.05, 0) is 32.4 Å². The van der Waals surface area contributed by atoms with E-state index in [4.69, 9.17) is 0 Å². The van der Waals surface area contributed by atoms with Crippen LogP contribution in [0.3, 0.4) is 0 Å². The molecular weight excluding hydrogens is 220 g/mol. The minimum atomic E-state index is 0.678. The molecule has 1 rings (SSSR count). The fourth-order valence-corrected chi connectivity index (χ4v) is 2.12. The van der Waals surface area contributed by atoms with Crippen LogP contribution in [0.2, 0.25) is 0 Å². The van der Waals surface area contributed by atoms with Crippen molar-refractivity contribution in [1.82, 2.24) is 10.2 Å². The summed E-state index contributed by atoms with van der Waals surface area (Å²) in [6.07, 6.45) is 2.44. The highest BCUT2D eigenvalue weighted by atomic mass is 15.1. The predicted octanol–water partition coefficient (Wildman–Crippen LogP) is 3.21. The number of rotatable bonds is 8. The molecule has 0 aliphatic rings. The summed E-state index contributed by atoms with van der Waals surface area (Å²) in [5.41, 5.74) is 2.72. The normalized spacial score (nSPS) is 11.4. The summed E-state index contributed by atoms with van der Waals surface area (Å²) < 4.78 is 0. The molecule has 0 saturated carbocycles. The molecule has 0 amide bonds. The number of hydrogen-bond donors (Lipinski definition) is 1. The van der Waals surface area contributed by atoms with E-state index >= 15 is 0 Å². The van der Waals surface area contributed by atoms with Gasteiger partial charge in [-0.1, -0.05) is 43.7 Å². The van der Waals surface area contributed by atoms with E-state index in [9.17, 15) is 0 Å². The van der Waals surface area contributed by atoms with Crippen molar-refractivity contribution < 1.29 is 0 Å². The second kappa shape index (κ2) is 8.28. The Morgan fingerprint density at radius 1 is 1.11 bits per heavy atom. The molecule has 0 saturated heterocycles. The van der Waals surface area contributed by atoms with Crippen molar-refractivity contribution >= 4 is 0 Å². The molecule has 2 nitrogen and oxygen atoms in total. The van der Waals surface area contributed by atoms with Crippen molar-refractivity contribution in [3.05, 3.63) is 35.4 Å². The highest BCUT2D eigenvalue weighted by Gasteiger charge is 2.03. The third-order valence-corrected chi connectivity index (χ3v) is 3.49. The number of nitrogens with zero attached hydrogens (tertiary/aromatic N) is 1. The lowest BCUT2D eigenvalue weighted by Crippen LogP contribution is -2.35. The SMILES string of the molecule is CCC(CC)NCCN(C)Cc1ccc(C)cc1. The van der Waals surface area contributed by atoms with Gasteiger partial charge in [0.1, 0.15) is 0 Å². The van der Waals surface area contributed by atoms with Gasteiger partial charge in [0.05, 0.1) is 0 Å². The Kier molecular flexibility index (Phi) is 6.99. The predicted molar refractivity (Wildman–Crippen MR) is 79.9 cm³/mol. The van der Waals surface area contributed by atoms with Gasteiger partial charge in [-0.25, -0.2) is 0 Å². The van der Waals surface area contributed by atoms with Crippen LogP contribution in [-0.2, 0) is 6.54 Å². The maximum absolute atomic E-state index is 3.60. The number of nitrogens with one attached hydrogen (secondary N) is 1. The molecule has 0 aliphatic carbocycles. The Hall–Kier alpha value is -0.860. The van der Waals surface area contributed by atoms with Gasteiger partial charge < -0.3 is 10.2 Å². The molecule has 0 aromatic heterocycles. The average molecular weight is 248 g/mol. The largest absolute Gasteiger partial charge is 0.313 e. The Balaban J connectivity index is 2.25. The van der Waals surface area contributed by atoms with Crippen molar-refractivity contribution in [2.24, 2.45) is 0 Å². The second-order valence-corrected chi connectivity index (χ2v) is 5.19. The van der Waals surface area contributed by atoms with Gasteiger partial charge in [-0.3, -0.25) is 0 Å². The van der Waals surface area contributed by atoms with Crippen LogP contribution in [0, 0.1) is 6.92 Å². The fourth-order valence-electron chi connectivity index (χ4n) is 2.12. The molecule has 1 N–H and O–H groups in total. The van der Waals surface area contributed by atoms with Gasteiger partial charge in [-0.15, -0.1) is 0 Å². The lowest BCUT2D eigenvalue weighted by molar-refractivity contribution is 0.314. The lowest BCUT2D eigenvalue weighted by Gasteiger charge is -2.20. The van der Waals surface area contributed by atoms with Crippen LogP contribution in [-0.4, -0.2) is 31.1 Å². The van der Waals surface area contributed by atoms with Gasteiger partial charge in [0, 0.05) is 25.7 Å². The molecule has 18 heavy (non-hydrogen) atoms. The quantitative estimate of drug-likeness (QED) is 0.760. The minimum Gasteiger partial charge on any atom is -0.313 e. The van der Waals surface area contributed by atoms with Gasteiger partial charge >= 0.3 is 0 Å². The average Bonchev–Trinajstić information content (AvgIpc) is 2.37. The van der Waals surface area contributed by atoms with Crippen molar-refractivity contribution in [2.75, 3.05) is 20.1 Å². The van der Waals surface area contributed by atoms with Crippen LogP contribution in [0.5, 0.6) is 0 Å². The summed E-state index contributed by atoms with van der Waals surface area (Å²) in [5, 5.41) is 3.60. The van der Waals surface area contributed by atoms with Crippen LogP contribution < -0.4 is 5.32 Å². The van der Waals surface area contributed by atoms with E-state index in [1.165, 1.54) is 24.0 Å². The van der Waals surface area contributed by atoms with Crippen LogP contribution >= 0.6 is 0 Å². The lowest BCUT2D eigenvalue weighted by atomic mass is 10.1. The first-order valence-corrected chi connectivity index (χ1v) is 7.13. The van der Waals surface area contributed by atoms with E-state index < -0.39 is 0 Å². The van der Waals surface area contributed by atoms with Crippen LogP contribution in [0.1, 0.15) is 37.8 Å². The topological polar surface area (TPSA) is 15.3 Å². The maximum atomic E-state index is 3.60. The van der Waals surface area contributed by atoms with E-state index in [1.54, 1.807) is 0 Å². The molecule has 1 aromatic rings. The summed E-state index contributed by atoms with van der Waals surface area (Å²) in [6.45, 7) is 9.84. The van der Waals surface area contributed by atoms with Gasteiger partial charge in [0.2, 0.25) is 0 Å². The molecule has 2 heteroatoms. The van der Waals surface area contributed by atoms with Crippen molar-refractivity contribution in [3.8, 4) is 0 Å². The van der Waals surface area contributed by atoms with E-state index in [-0.39, 0.29) is 0 Å². The molecule has 0 atom stereocenters. The number of benzene rings is 1. The highest BCUT2D eigenvalue weighted by Crippen LogP contribution is 2.05. The monoisotopic (exact) mass is 248 g/mol. The minimum absolute atomic E-state index is 0.678. The molecule has 0 aliphatic heterocycles. The molecule has 0 spiro atoms. The number of hydrogen-bond acceptors (Lipinski definition) is 2. The van der Waals surface area contributed by atoms with Gasteiger partial charge in [-0.2, -0.15) is 0 Å². The Morgan fingerprint density at radius 3 is 2.28 bits per heavy atom. The molecule has 0 bridgehead atoms. The molecule has 0 unspecified atom stereocenters. The van der Waals surface area contributed by atoms with E-state index in [0.29, 0.717) is 6.04 Å². The van der Waals surface area contributed by atoms with Gasteiger partial charge in [0.15, 0.2) is 0 Å². The first-order chi connectivity index (χ1) is 8.65. The fraction of sp³-hybridized carbons (Fsp3) is 0.625. The zero-order chi connectivity index (χ0) is 13.4. The molecule has 0 heterocycles. The first-order valence-electron chi connectivity index (χ1n) is 7.13. The number of likely N-dealkylation sites (N-methyl/N-ethyl adjacent to an activating group) is 1. The molecular formula is C16H28N2. The van der Waals surface area contributed by atoms with Crippen LogP contribution in [0.15, 0.2) is 24.3 Å². The van der Waals surface area contributed by atoms with Crippen LogP contribution in [0.4, 0.5) is 0 Å². The Labute approximate surface area is 112 Å². The molecule has 0 fully saturated rings. The molecule has 102 valence electrons. The summed E-state index contributed by atoms with van der Waals surface area (Å²) in [6, 6.07) is 9.50. The summed E-state index contributed by atoms with van der Waals surface area (Å²) in [7, 11) is 2.19. The third-order valence-electron chi connectivity index (χ3n) is 3.49. The summed E-state index contributed by atoms with van der Waals surface area (Å²) in [5.74, 6) is 0. The van der Waals surface area contributed by atoms with Crippen molar-refractivity contribution in [3.63, 3.8) is 0 Å². The molecule has 0 radical (unpaired) electrons. The zero-order valence-electron chi connectivity index (χ0n) is 12.4.